The molecule has 2 nitrogen and oxygen atoms in total. The van der Waals surface area contributed by atoms with Gasteiger partial charge in [-0.1, -0.05) is 22.6 Å². The summed E-state index contributed by atoms with van der Waals surface area (Å²) in [6, 6.07) is 2.65. The predicted octanol–water partition coefficient (Wildman–Crippen LogP) is 1.66. The van der Waals surface area contributed by atoms with Crippen LogP contribution in [-0.2, 0) is 0 Å². The molecule has 0 saturated heterocycles. The SMILES string of the molecule is CC(C)N(CC#N)CCI. The summed E-state index contributed by atoms with van der Waals surface area (Å²) < 4.78 is 1.09. The third-order valence-electron chi connectivity index (χ3n) is 1.38. The Morgan fingerprint density at radius 1 is 1.60 bits per heavy atom. The molecule has 0 atom stereocenters. The van der Waals surface area contributed by atoms with E-state index in [0.717, 1.165) is 11.0 Å². The first-order chi connectivity index (χ1) is 4.72. The van der Waals surface area contributed by atoms with Crippen molar-refractivity contribution in [3.8, 4) is 6.07 Å². The van der Waals surface area contributed by atoms with E-state index in [1.165, 1.54) is 0 Å². The van der Waals surface area contributed by atoms with Crippen molar-refractivity contribution in [3.05, 3.63) is 0 Å². The fourth-order valence-electron chi connectivity index (χ4n) is 0.719. The lowest BCUT2D eigenvalue weighted by atomic mass is 10.3. The van der Waals surface area contributed by atoms with Gasteiger partial charge in [0, 0.05) is 17.0 Å². The first kappa shape index (κ1) is 10.2. The van der Waals surface area contributed by atoms with E-state index in [1.807, 2.05) is 0 Å². The molecule has 0 aromatic rings. The predicted molar refractivity (Wildman–Crippen MR) is 51.2 cm³/mol. The van der Waals surface area contributed by atoms with E-state index in [4.69, 9.17) is 5.26 Å². The van der Waals surface area contributed by atoms with Crippen LogP contribution in [0, 0.1) is 11.3 Å². The minimum Gasteiger partial charge on any atom is -0.287 e. The van der Waals surface area contributed by atoms with Crippen LogP contribution in [-0.4, -0.2) is 28.5 Å². The number of rotatable bonds is 4. The molecule has 0 rings (SSSR count). The highest BCUT2D eigenvalue weighted by Crippen LogP contribution is 1.97. The van der Waals surface area contributed by atoms with Crippen molar-refractivity contribution < 1.29 is 0 Å². The average molecular weight is 252 g/mol. The highest BCUT2D eigenvalue weighted by atomic mass is 127. The van der Waals surface area contributed by atoms with Crippen LogP contribution in [0.4, 0.5) is 0 Å². The molecule has 58 valence electrons. The molecule has 0 bridgehead atoms. The van der Waals surface area contributed by atoms with Crippen LogP contribution in [0.1, 0.15) is 13.8 Å². The zero-order chi connectivity index (χ0) is 7.98. The van der Waals surface area contributed by atoms with E-state index >= 15 is 0 Å². The molecule has 0 heterocycles. The topological polar surface area (TPSA) is 27.0 Å². The van der Waals surface area contributed by atoms with Crippen LogP contribution in [0.3, 0.4) is 0 Å². The van der Waals surface area contributed by atoms with E-state index in [2.05, 4.69) is 47.4 Å². The maximum absolute atomic E-state index is 8.42. The molecule has 0 unspecified atom stereocenters. The molecular formula is C7H13IN2. The lowest BCUT2D eigenvalue weighted by Gasteiger charge is -2.21. The lowest BCUT2D eigenvalue weighted by molar-refractivity contribution is 0.266. The first-order valence-electron chi connectivity index (χ1n) is 3.39. The number of halogens is 1. The summed E-state index contributed by atoms with van der Waals surface area (Å²) in [6.07, 6.45) is 0. The molecule has 3 heteroatoms. The van der Waals surface area contributed by atoms with E-state index in [0.29, 0.717) is 12.6 Å². The van der Waals surface area contributed by atoms with Crippen LogP contribution in [0.25, 0.3) is 0 Å². The second-order valence-electron chi connectivity index (χ2n) is 2.41. The maximum atomic E-state index is 8.42. The van der Waals surface area contributed by atoms with Gasteiger partial charge in [-0.15, -0.1) is 0 Å². The standard InChI is InChI=1S/C7H13IN2/c1-7(2)10(5-3-8)6-4-9/h7H,3,5-6H2,1-2H3. The number of alkyl halides is 1. The van der Waals surface area contributed by atoms with Crippen LogP contribution >= 0.6 is 22.6 Å². The van der Waals surface area contributed by atoms with Crippen molar-refractivity contribution in [2.45, 2.75) is 19.9 Å². The van der Waals surface area contributed by atoms with Gasteiger partial charge in [0.25, 0.3) is 0 Å². The molecule has 0 amide bonds. The normalized spacial score (nSPS) is 10.4. The highest BCUT2D eigenvalue weighted by molar-refractivity contribution is 14.1. The second kappa shape index (κ2) is 5.93. The molecule has 10 heavy (non-hydrogen) atoms. The molecular weight excluding hydrogens is 239 g/mol. The fraction of sp³-hybridized carbons (Fsp3) is 0.857. The molecule has 0 aliphatic carbocycles. The van der Waals surface area contributed by atoms with Crippen molar-refractivity contribution in [3.63, 3.8) is 0 Å². The largest absolute Gasteiger partial charge is 0.287 e. The minimum absolute atomic E-state index is 0.495. The van der Waals surface area contributed by atoms with Gasteiger partial charge in [0.05, 0.1) is 12.6 Å². The molecule has 0 N–H and O–H groups in total. The summed E-state index contributed by atoms with van der Waals surface area (Å²) in [5, 5.41) is 8.42. The van der Waals surface area contributed by atoms with Gasteiger partial charge in [-0.2, -0.15) is 5.26 Å². The van der Waals surface area contributed by atoms with Crippen molar-refractivity contribution in [1.82, 2.24) is 4.90 Å². The highest BCUT2D eigenvalue weighted by Gasteiger charge is 2.05. The van der Waals surface area contributed by atoms with Crippen LogP contribution < -0.4 is 0 Å². The van der Waals surface area contributed by atoms with Gasteiger partial charge >= 0.3 is 0 Å². The molecule has 0 aliphatic rings. The van der Waals surface area contributed by atoms with Gasteiger partial charge in [-0.05, 0) is 13.8 Å². The first-order valence-corrected chi connectivity index (χ1v) is 4.92. The summed E-state index contributed by atoms with van der Waals surface area (Å²) >= 11 is 2.32. The Balaban J connectivity index is 3.63. The van der Waals surface area contributed by atoms with E-state index < -0.39 is 0 Å². The summed E-state index contributed by atoms with van der Waals surface area (Å²) in [5.74, 6) is 0. The lowest BCUT2D eigenvalue weighted by Crippen LogP contribution is -2.32. The molecule has 0 saturated carbocycles. The molecule has 0 aromatic carbocycles. The van der Waals surface area contributed by atoms with Gasteiger partial charge in [-0.3, -0.25) is 4.90 Å². The molecule has 0 fully saturated rings. The number of hydrogen-bond acceptors (Lipinski definition) is 2. The van der Waals surface area contributed by atoms with Gasteiger partial charge in [0.1, 0.15) is 0 Å². The quantitative estimate of drug-likeness (QED) is 0.432. The molecule has 0 radical (unpaired) electrons. The third-order valence-corrected chi connectivity index (χ3v) is 1.86. The van der Waals surface area contributed by atoms with Gasteiger partial charge in [0.2, 0.25) is 0 Å². The zero-order valence-electron chi connectivity index (χ0n) is 6.47. The minimum atomic E-state index is 0.495. The van der Waals surface area contributed by atoms with Crippen LogP contribution in [0.5, 0.6) is 0 Å². The summed E-state index contributed by atoms with van der Waals surface area (Å²) in [5.41, 5.74) is 0. The molecule has 0 aromatic heterocycles. The van der Waals surface area contributed by atoms with Gasteiger partial charge < -0.3 is 0 Å². The Kier molecular flexibility index (Phi) is 6.03. The van der Waals surface area contributed by atoms with E-state index in [-0.39, 0.29) is 0 Å². The zero-order valence-corrected chi connectivity index (χ0v) is 8.63. The smallest absolute Gasteiger partial charge is 0.0868 e. The average Bonchev–Trinajstić information content (AvgIpc) is 1.87. The Bertz CT molecular complexity index is 117. The number of nitrogens with zero attached hydrogens (tertiary/aromatic N) is 2. The van der Waals surface area contributed by atoms with Gasteiger partial charge in [0.15, 0.2) is 0 Å². The van der Waals surface area contributed by atoms with Crippen molar-refractivity contribution >= 4 is 22.6 Å². The monoisotopic (exact) mass is 252 g/mol. The van der Waals surface area contributed by atoms with E-state index in [1.54, 1.807) is 0 Å². The van der Waals surface area contributed by atoms with Gasteiger partial charge in [-0.25, -0.2) is 0 Å². The maximum Gasteiger partial charge on any atom is 0.0868 e. The van der Waals surface area contributed by atoms with Crippen LogP contribution in [0.2, 0.25) is 0 Å². The Labute approximate surface area is 76.3 Å². The number of nitriles is 1. The third kappa shape index (κ3) is 4.07. The van der Waals surface area contributed by atoms with Crippen molar-refractivity contribution in [2.24, 2.45) is 0 Å². The Morgan fingerprint density at radius 3 is 2.50 bits per heavy atom. The number of hydrogen-bond donors (Lipinski definition) is 0. The summed E-state index contributed by atoms with van der Waals surface area (Å²) in [4.78, 5) is 2.16. The molecule has 0 aliphatic heterocycles. The second-order valence-corrected chi connectivity index (χ2v) is 3.49. The fourth-order valence-corrected chi connectivity index (χ4v) is 1.34. The summed E-state index contributed by atoms with van der Waals surface area (Å²) in [6.45, 7) is 5.81. The summed E-state index contributed by atoms with van der Waals surface area (Å²) in [7, 11) is 0. The van der Waals surface area contributed by atoms with E-state index in [9.17, 15) is 0 Å². The Hall–Kier alpha value is 0.180. The van der Waals surface area contributed by atoms with Crippen LogP contribution in [0.15, 0.2) is 0 Å². The Morgan fingerprint density at radius 2 is 2.20 bits per heavy atom. The van der Waals surface area contributed by atoms with Crippen molar-refractivity contribution in [1.29, 1.82) is 5.26 Å². The van der Waals surface area contributed by atoms with Crippen molar-refractivity contribution in [2.75, 3.05) is 17.5 Å². The molecule has 0 spiro atoms.